The van der Waals surface area contributed by atoms with Gasteiger partial charge >= 0.3 is 5.97 Å². The van der Waals surface area contributed by atoms with Crippen LogP contribution in [0.4, 0.5) is 0 Å². The highest BCUT2D eigenvalue weighted by molar-refractivity contribution is 5.89. The first-order valence-electron chi connectivity index (χ1n) is 8.24. The maximum Gasteiger partial charge on any atom is 0.337 e. The van der Waals surface area contributed by atoms with E-state index in [1.54, 1.807) is 12.1 Å². The zero-order valence-electron chi connectivity index (χ0n) is 14.2. The van der Waals surface area contributed by atoms with E-state index in [1.165, 1.54) is 12.7 Å². The minimum absolute atomic E-state index is 0.295. The number of carbonyl (C=O) groups is 1. The Hall–Kier alpha value is -2.17. The van der Waals surface area contributed by atoms with Gasteiger partial charge in [0, 0.05) is 12.6 Å². The van der Waals surface area contributed by atoms with Crippen LogP contribution in [-0.2, 0) is 11.2 Å². The number of carbonyl (C=O) groups excluding carboxylic acids is 1. The molecule has 2 aromatic rings. The smallest absolute Gasteiger partial charge is 0.337 e. The van der Waals surface area contributed by atoms with Gasteiger partial charge in [-0.3, -0.25) is 0 Å². The van der Waals surface area contributed by atoms with Crippen LogP contribution in [0.5, 0.6) is 0 Å². The van der Waals surface area contributed by atoms with Crippen LogP contribution < -0.4 is 5.32 Å². The van der Waals surface area contributed by atoms with E-state index >= 15 is 0 Å². The van der Waals surface area contributed by atoms with Crippen LogP contribution in [0.15, 0.2) is 54.6 Å². The van der Waals surface area contributed by atoms with Crippen molar-refractivity contribution in [3.05, 3.63) is 71.3 Å². The van der Waals surface area contributed by atoms with Gasteiger partial charge in [-0.15, -0.1) is 0 Å². The van der Waals surface area contributed by atoms with Gasteiger partial charge in [-0.05, 0) is 43.0 Å². The number of rotatable bonds is 8. The summed E-state index contributed by atoms with van der Waals surface area (Å²) in [5.74, 6) is -0.313. The first-order chi connectivity index (χ1) is 11.6. The van der Waals surface area contributed by atoms with Crippen LogP contribution in [0.1, 0.15) is 40.9 Å². The number of benzene rings is 2. The van der Waals surface area contributed by atoms with Crippen molar-refractivity contribution in [2.45, 2.75) is 31.9 Å². The third kappa shape index (κ3) is 5.48. The highest BCUT2D eigenvalue weighted by Crippen LogP contribution is 2.12. The number of hydrogen-bond acceptors (Lipinski definition) is 4. The number of methoxy groups -OCH3 is 1. The van der Waals surface area contributed by atoms with Crippen LogP contribution in [0.2, 0.25) is 0 Å². The van der Waals surface area contributed by atoms with Crippen molar-refractivity contribution in [2.24, 2.45) is 0 Å². The topological polar surface area (TPSA) is 58.6 Å². The van der Waals surface area contributed by atoms with Gasteiger partial charge in [-0.25, -0.2) is 4.79 Å². The summed E-state index contributed by atoms with van der Waals surface area (Å²) in [7, 11) is 1.38. The second kappa shape index (κ2) is 9.21. The summed E-state index contributed by atoms with van der Waals surface area (Å²) in [5.41, 5.74) is 2.67. The van der Waals surface area contributed by atoms with Crippen molar-refractivity contribution in [3.63, 3.8) is 0 Å². The number of ether oxygens (including phenoxy) is 1. The van der Waals surface area contributed by atoms with Crippen LogP contribution in [0.3, 0.4) is 0 Å². The minimum atomic E-state index is -0.493. The number of hydrogen-bond donors (Lipinski definition) is 2. The van der Waals surface area contributed by atoms with Crippen LogP contribution in [0.25, 0.3) is 0 Å². The van der Waals surface area contributed by atoms with Gasteiger partial charge in [-0.2, -0.15) is 0 Å². The molecule has 0 aliphatic carbocycles. The van der Waals surface area contributed by atoms with Gasteiger partial charge in [0.2, 0.25) is 0 Å². The lowest BCUT2D eigenvalue weighted by Crippen LogP contribution is -2.30. The third-order valence-electron chi connectivity index (χ3n) is 4.09. The molecule has 0 bridgehead atoms. The fourth-order valence-electron chi connectivity index (χ4n) is 2.52. The van der Waals surface area contributed by atoms with Crippen LogP contribution in [0, 0.1) is 0 Å². The summed E-state index contributed by atoms with van der Waals surface area (Å²) in [6, 6.07) is 17.5. The lowest BCUT2D eigenvalue weighted by atomic mass is 10.0. The van der Waals surface area contributed by atoms with Gasteiger partial charge in [0.1, 0.15) is 0 Å². The van der Waals surface area contributed by atoms with Crippen molar-refractivity contribution >= 4 is 5.97 Å². The standard InChI is InChI=1S/C20H25NO3/c1-15(21-14-19(22)17-6-4-3-5-7-17)8-9-16-10-12-18(13-11-16)20(23)24-2/h3-7,10-13,15,19,21-22H,8-9,14H2,1-2H3/t15-,19+/m1/s1. The van der Waals surface area contributed by atoms with E-state index < -0.39 is 6.10 Å². The average Bonchev–Trinajstić information content (AvgIpc) is 2.64. The molecular weight excluding hydrogens is 302 g/mol. The molecule has 0 saturated heterocycles. The lowest BCUT2D eigenvalue weighted by molar-refractivity contribution is 0.0600. The summed E-state index contributed by atoms with van der Waals surface area (Å²) in [6.07, 6.45) is 1.38. The molecule has 0 fully saturated rings. The molecule has 0 aromatic heterocycles. The summed E-state index contributed by atoms with van der Waals surface area (Å²) < 4.78 is 4.69. The Morgan fingerprint density at radius 3 is 2.42 bits per heavy atom. The number of aryl methyl sites for hydroxylation is 1. The number of aliphatic hydroxyl groups excluding tert-OH is 1. The number of aliphatic hydroxyl groups is 1. The van der Waals surface area contributed by atoms with Crippen LogP contribution in [-0.4, -0.2) is 30.8 Å². The molecule has 4 heteroatoms. The van der Waals surface area contributed by atoms with E-state index in [9.17, 15) is 9.90 Å². The second-order valence-electron chi connectivity index (χ2n) is 5.96. The molecule has 0 heterocycles. The van der Waals surface area contributed by atoms with Crippen molar-refractivity contribution < 1.29 is 14.6 Å². The maximum atomic E-state index is 11.4. The van der Waals surface area contributed by atoms with Gasteiger partial charge in [0.15, 0.2) is 0 Å². The van der Waals surface area contributed by atoms with Gasteiger partial charge < -0.3 is 15.2 Å². The Kier molecular flexibility index (Phi) is 6.97. The molecule has 0 aliphatic heterocycles. The van der Waals surface area contributed by atoms with Crippen LogP contribution >= 0.6 is 0 Å². The van der Waals surface area contributed by atoms with E-state index in [1.807, 2.05) is 42.5 Å². The normalized spacial score (nSPS) is 13.3. The maximum absolute atomic E-state index is 11.4. The predicted octanol–water partition coefficient (Wildman–Crippen LogP) is 3.12. The Labute approximate surface area is 143 Å². The van der Waals surface area contributed by atoms with E-state index in [4.69, 9.17) is 4.74 Å². The highest BCUT2D eigenvalue weighted by atomic mass is 16.5. The van der Waals surface area contributed by atoms with E-state index in [2.05, 4.69) is 12.2 Å². The van der Waals surface area contributed by atoms with E-state index in [-0.39, 0.29) is 5.97 Å². The SMILES string of the molecule is COC(=O)c1ccc(CC[C@@H](C)NC[C@H](O)c2ccccc2)cc1. The first kappa shape index (κ1) is 18.2. The van der Waals surface area contributed by atoms with Crippen molar-refractivity contribution in [1.82, 2.24) is 5.32 Å². The first-order valence-corrected chi connectivity index (χ1v) is 8.24. The molecule has 2 atom stereocenters. The Morgan fingerprint density at radius 1 is 1.12 bits per heavy atom. The third-order valence-corrected chi connectivity index (χ3v) is 4.09. The fourth-order valence-corrected chi connectivity index (χ4v) is 2.52. The molecule has 128 valence electrons. The fraction of sp³-hybridized carbons (Fsp3) is 0.350. The molecule has 0 unspecified atom stereocenters. The molecule has 0 spiro atoms. The number of nitrogens with one attached hydrogen (secondary N) is 1. The molecular formula is C20H25NO3. The molecule has 2 rings (SSSR count). The van der Waals surface area contributed by atoms with Crippen molar-refractivity contribution in [3.8, 4) is 0 Å². The predicted molar refractivity (Wildman–Crippen MR) is 95.0 cm³/mol. The molecule has 2 N–H and O–H groups in total. The molecule has 0 saturated carbocycles. The Bertz CT molecular complexity index is 625. The Balaban J connectivity index is 1.75. The van der Waals surface area contributed by atoms with Crippen molar-refractivity contribution in [2.75, 3.05) is 13.7 Å². The lowest BCUT2D eigenvalue weighted by Gasteiger charge is -2.17. The second-order valence-corrected chi connectivity index (χ2v) is 5.96. The van der Waals surface area contributed by atoms with E-state index in [0.29, 0.717) is 18.2 Å². The summed E-state index contributed by atoms with van der Waals surface area (Å²) >= 11 is 0. The summed E-state index contributed by atoms with van der Waals surface area (Å²) in [4.78, 5) is 11.4. The number of esters is 1. The van der Waals surface area contributed by atoms with Gasteiger partial charge in [0.25, 0.3) is 0 Å². The largest absolute Gasteiger partial charge is 0.465 e. The van der Waals surface area contributed by atoms with Gasteiger partial charge in [-0.1, -0.05) is 42.5 Å². The van der Waals surface area contributed by atoms with E-state index in [0.717, 1.165) is 18.4 Å². The Morgan fingerprint density at radius 2 is 1.79 bits per heavy atom. The van der Waals surface area contributed by atoms with Crippen molar-refractivity contribution in [1.29, 1.82) is 0 Å². The minimum Gasteiger partial charge on any atom is -0.465 e. The molecule has 0 aliphatic rings. The molecule has 0 amide bonds. The highest BCUT2D eigenvalue weighted by Gasteiger charge is 2.09. The van der Waals surface area contributed by atoms with Gasteiger partial charge in [0.05, 0.1) is 18.8 Å². The molecule has 2 aromatic carbocycles. The molecule has 0 radical (unpaired) electrons. The zero-order chi connectivity index (χ0) is 17.4. The molecule has 4 nitrogen and oxygen atoms in total. The quantitative estimate of drug-likeness (QED) is 0.732. The summed E-state index contributed by atoms with van der Waals surface area (Å²) in [5, 5.41) is 13.5. The zero-order valence-corrected chi connectivity index (χ0v) is 14.2. The average molecular weight is 327 g/mol. The molecule has 24 heavy (non-hydrogen) atoms. The monoisotopic (exact) mass is 327 g/mol. The summed E-state index contributed by atoms with van der Waals surface area (Å²) in [6.45, 7) is 2.65.